The van der Waals surface area contributed by atoms with Crippen molar-refractivity contribution in [3.05, 3.63) is 24.3 Å². The predicted molar refractivity (Wildman–Crippen MR) is 64.5 cm³/mol. The van der Waals surface area contributed by atoms with Crippen molar-refractivity contribution in [1.82, 2.24) is 4.48 Å². The first-order valence-electron chi connectivity index (χ1n) is 4.96. The van der Waals surface area contributed by atoms with Gasteiger partial charge >= 0.3 is 0 Å². The van der Waals surface area contributed by atoms with Gasteiger partial charge in [0.05, 0.1) is 0 Å². The van der Waals surface area contributed by atoms with E-state index >= 15 is 0 Å². The van der Waals surface area contributed by atoms with Gasteiger partial charge in [0.25, 0.3) is 7.41 Å². The molecule has 1 nitrogen and oxygen atoms in total. The van der Waals surface area contributed by atoms with E-state index in [0.29, 0.717) is 5.04 Å². The van der Waals surface area contributed by atoms with Crippen LogP contribution >= 0.6 is 0 Å². The summed E-state index contributed by atoms with van der Waals surface area (Å²) in [6.45, 7) is 11.9. The van der Waals surface area contributed by atoms with Crippen molar-refractivity contribution in [2.45, 2.75) is 38.9 Å². The van der Waals surface area contributed by atoms with Gasteiger partial charge in [-0.15, -0.1) is 0 Å². The van der Waals surface area contributed by atoms with E-state index in [0.717, 1.165) is 7.41 Å². The lowest BCUT2D eigenvalue weighted by Gasteiger charge is -2.46. The molecule has 0 atom stereocenters. The van der Waals surface area contributed by atoms with Crippen LogP contribution in [0.5, 0.6) is 0 Å². The molecule has 72 valence electrons. The molecule has 0 aromatic rings. The highest BCUT2D eigenvalue weighted by Crippen LogP contribution is 2.38. The van der Waals surface area contributed by atoms with Crippen molar-refractivity contribution < 1.29 is 0 Å². The summed E-state index contributed by atoms with van der Waals surface area (Å²) in [5.74, 6) is 2.24. The Morgan fingerprint density at radius 2 is 1.77 bits per heavy atom. The fourth-order valence-electron chi connectivity index (χ4n) is 1.31. The molecule has 0 radical (unpaired) electrons. The fraction of sp³-hybridized carbons (Fsp3) is 0.600. The van der Waals surface area contributed by atoms with E-state index in [4.69, 9.17) is 0 Å². The van der Waals surface area contributed by atoms with Gasteiger partial charge in [0.15, 0.2) is 0 Å². The van der Waals surface area contributed by atoms with Gasteiger partial charge in [0.1, 0.15) is 8.24 Å². The minimum Gasteiger partial charge on any atom is -0.448 e. The Morgan fingerprint density at radius 1 is 1.15 bits per heavy atom. The van der Waals surface area contributed by atoms with Crippen molar-refractivity contribution in [3.63, 3.8) is 0 Å². The Bertz CT molecular complexity index is 238. The van der Waals surface area contributed by atoms with Gasteiger partial charge in [-0.2, -0.15) is 0 Å². The molecule has 0 saturated heterocycles. The van der Waals surface area contributed by atoms with Gasteiger partial charge in [0, 0.05) is 0 Å². The molecule has 1 heterocycles. The zero-order chi connectivity index (χ0) is 10.1. The van der Waals surface area contributed by atoms with Crippen LogP contribution in [0, 0.1) is 0 Å². The third-order valence-electron chi connectivity index (χ3n) is 3.37. The first-order chi connectivity index (χ1) is 5.86. The van der Waals surface area contributed by atoms with Gasteiger partial charge < -0.3 is 4.48 Å². The largest absolute Gasteiger partial charge is 0.448 e. The maximum absolute atomic E-state index is 2.53. The number of rotatable bonds is 1. The molecular weight excluding hydrogens is 173 g/mol. The molecule has 0 N–H and O–H groups in total. The van der Waals surface area contributed by atoms with Crippen LogP contribution in [0.2, 0.25) is 18.1 Å². The Hall–Kier alpha value is -0.438. The van der Waals surface area contributed by atoms with E-state index in [1.807, 2.05) is 0 Å². The third kappa shape index (κ3) is 2.08. The van der Waals surface area contributed by atoms with Crippen LogP contribution in [0.3, 0.4) is 0 Å². The molecule has 3 heteroatoms. The molecule has 1 aliphatic heterocycles. The normalized spacial score (nSPS) is 17.5. The van der Waals surface area contributed by atoms with Crippen molar-refractivity contribution >= 4 is 15.6 Å². The van der Waals surface area contributed by atoms with Gasteiger partial charge in [-0.1, -0.05) is 45.9 Å². The van der Waals surface area contributed by atoms with Crippen LogP contribution in [0.15, 0.2) is 24.3 Å². The maximum Gasteiger partial charge on any atom is 0.253 e. The van der Waals surface area contributed by atoms with Crippen molar-refractivity contribution in [2.75, 3.05) is 0 Å². The molecular formula is C10H20BNSi. The van der Waals surface area contributed by atoms with E-state index in [-0.39, 0.29) is 0 Å². The van der Waals surface area contributed by atoms with E-state index in [1.54, 1.807) is 0 Å². The lowest BCUT2D eigenvalue weighted by Crippen LogP contribution is -2.53. The molecule has 0 aromatic heterocycles. The summed E-state index contributed by atoms with van der Waals surface area (Å²) < 4.78 is 2.53. The van der Waals surface area contributed by atoms with Crippen molar-refractivity contribution in [1.29, 1.82) is 0 Å². The molecule has 0 aromatic carbocycles. The Labute approximate surface area is 83.9 Å². The second-order valence-corrected chi connectivity index (χ2v) is 10.4. The SMILES string of the molecule is CC(C)(C)[Si](C)(C)N1BC=CC=C1. The molecule has 0 saturated carbocycles. The lowest BCUT2D eigenvalue weighted by atomic mass is 9.93. The lowest BCUT2D eigenvalue weighted by molar-refractivity contribution is 0.657. The maximum atomic E-state index is 2.53. The second-order valence-electron chi connectivity index (χ2n) is 5.23. The van der Waals surface area contributed by atoms with Gasteiger partial charge in [-0.05, 0) is 17.3 Å². The summed E-state index contributed by atoms with van der Waals surface area (Å²) in [6.07, 6.45) is 6.52. The highest BCUT2D eigenvalue weighted by Gasteiger charge is 2.39. The Balaban J connectivity index is 2.81. The zero-order valence-electron chi connectivity index (χ0n) is 9.46. The highest BCUT2D eigenvalue weighted by atomic mass is 28.3. The van der Waals surface area contributed by atoms with Crippen LogP contribution in [-0.4, -0.2) is 20.1 Å². The van der Waals surface area contributed by atoms with Gasteiger partial charge in [0.2, 0.25) is 0 Å². The first-order valence-corrected chi connectivity index (χ1v) is 7.90. The number of nitrogens with zero attached hydrogens (tertiary/aromatic N) is 1. The molecule has 0 unspecified atom stereocenters. The molecule has 0 bridgehead atoms. The molecule has 13 heavy (non-hydrogen) atoms. The summed E-state index contributed by atoms with van der Waals surface area (Å²) in [5, 5.41) is 0.433. The predicted octanol–water partition coefficient (Wildman–Crippen LogP) is 2.69. The summed E-state index contributed by atoms with van der Waals surface area (Å²) in [4.78, 5) is 0. The van der Waals surface area contributed by atoms with E-state index in [1.165, 1.54) is 0 Å². The quantitative estimate of drug-likeness (QED) is 0.579. The van der Waals surface area contributed by atoms with Crippen LogP contribution < -0.4 is 0 Å². The average Bonchev–Trinajstić information content (AvgIpc) is 2.04. The minimum absolute atomic E-state index is 0.433. The van der Waals surface area contributed by atoms with Gasteiger partial charge in [-0.3, -0.25) is 0 Å². The van der Waals surface area contributed by atoms with Crippen LogP contribution in [0.25, 0.3) is 0 Å². The standard InChI is InChI=1S/C10H20BNSi/c1-10(2,3)13(4,5)12-9-7-6-8-11-12/h6-9,11H,1-5H3. The van der Waals surface area contributed by atoms with E-state index < -0.39 is 8.24 Å². The minimum atomic E-state index is -1.31. The molecule has 0 aliphatic carbocycles. The average molecular weight is 193 g/mol. The van der Waals surface area contributed by atoms with Crippen molar-refractivity contribution in [3.8, 4) is 0 Å². The smallest absolute Gasteiger partial charge is 0.253 e. The zero-order valence-corrected chi connectivity index (χ0v) is 10.5. The van der Waals surface area contributed by atoms with E-state index in [2.05, 4.69) is 62.7 Å². The summed E-state index contributed by atoms with van der Waals surface area (Å²) in [5.41, 5.74) is 0. The van der Waals surface area contributed by atoms with Crippen LogP contribution in [0.4, 0.5) is 0 Å². The first kappa shape index (κ1) is 10.6. The fourth-order valence-corrected chi connectivity index (χ4v) is 3.20. The number of hydrogen-bond donors (Lipinski definition) is 0. The third-order valence-corrected chi connectivity index (χ3v) is 8.81. The summed E-state index contributed by atoms with van der Waals surface area (Å²) in [6, 6.07) is 0. The second kappa shape index (κ2) is 3.37. The van der Waals surface area contributed by atoms with Gasteiger partial charge in [-0.25, -0.2) is 0 Å². The Morgan fingerprint density at radius 3 is 2.15 bits per heavy atom. The topological polar surface area (TPSA) is 3.24 Å². The highest BCUT2D eigenvalue weighted by molar-refractivity contribution is 6.83. The summed E-state index contributed by atoms with van der Waals surface area (Å²) in [7, 11) is -0.219. The molecule has 1 rings (SSSR count). The number of hydrogen-bond acceptors (Lipinski definition) is 1. The molecule has 0 fully saturated rings. The van der Waals surface area contributed by atoms with Crippen LogP contribution in [-0.2, 0) is 0 Å². The molecule has 0 amide bonds. The number of allylic oxidation sites excluding steroid dienone is 2. The molecule has 1 aliphatic rings. The van der Waals surface area contributed by atoms with Crippen molar-refractivity contribution in [2.24, 2.45) is 0 Å². The van der Waals surface area contributed by atoms with Crippen LogP contribution in [0.1, 0.15) is 20.8 Å². The van der Waals surface area contributed by atoms with E-state index in [9.17, 15) is 0 Å². The molecule has 0 spiro atoms. The Kier molecular flexibility index (Phi) is 2.76. The summed E-state index contributed by atoms with van der Waals surface area (Å²) >= 11 is 0. The monoisotopic (exact) mass is 193 g/mol.